The van der Waals surface area contributed by atoms with E-state index in [9.17, 15) is 15.2 Å². The van der Waals surface area contributed by atoms with Crippen LogP contribution < -0.4 is 19.5 Å². The van der Waals surface area contributed by atoms with Gasteiger partial charge in [0.15, 0.2) is 11.5 Å². The zero-order chi connectivity index (χ0) is 19.2. The summed E-state index contributed by atoms with van der Waals surface area (Å²) in [7, 11) is 0. The molecule has 2 aromatic carbocycles. The minimum atomic E-state index is -0.737. The van der Waals surface area contributed by atoms with E-state index in [1.807, 2.05) is 31.2 Å². The summed E-state index contributed by atoms with van der Waals surface area (Å²) in [4.78, 5) is 10.2. The molecule has 144 valence electrons. The Morgan fingerprint density at radius 2 is 1.96 bits per heavy atom. The molecule has 0 aliphatic carbocycles. The molecule has 0 radical (unpaired) electrons. The van der Waals surface area contributed by atoms with Crippen LogP contribution in [-0.2, 0) is 0 Å². The number of benzene rings is 2. The maximum absolute atomic E-state index is 10.6. The maximum atomic E-state index is 10.6. The van der Waals surface area contributed by atoms with Crippen LogP contribution in [0.3, 0.4) is 0 Å². The first-order valence-electron chi connectivity index (χ1n) is 8.70. The molecule has 8 heteroatoms. The number of hydrogen-bond acceptors (Lipinski definition) is 7. The Bertz CT molecular complexity index is 767. The van der Waals surface area contributed by atoms with Crippen molar-refractivity contribution in [2.45, 2.75) is 25.2 Å². The van der Waals surface area contributed by atoms with E-state index in [0.717, 1.165) is 5.75 Å². The zero-order valence-corrected chi connectivity index (χ0v) is 14.9. The Hall–Kier alpha value is -2.84. The monoisotopic (exact) mass is 374 g/mol. The molecule has 0 unspecified atom stereocenters. The lowest BCUT2D eigenvalue weighted by molar-refractivity contribution is -0.384. The summed E-state index contributed by atoms with van der Waals surface area (Å²) < 4.78 is 17.1. The second-order valence-corrected chi connectivity index (χ2v) is 6.33. The number of nitro benzene ring substituents is 1. The molecule has 0 saturated heterocycles. The van der Waals surface area contributed by atoms with Crippen LogP contribution in [0.2, 0.25) is 0 Å². The molecule has 0 aromatic heterocycles. The Balaban J connectivity index is 1.41. The maximum Gasteiger partial charge on any atom is 0.269 e. The molecule has 0 amide bonds. The molecular formula is C19H22N2O6. The summed E-state index contributed by atoms with van der Waals surface area (Å²) in [6, 6.07) is 13.2. The highest BCUT2D eigenvalue weighted by atomic mass is 16.6. The fourth-order valence-electron chi connectivity index (χ4n) is 2.65. The quantitative estimate of drug-likeness (QED) is 0.539. The highest BCUT2D eigenvalue weighted by molar-refractivity contribution is 5.40. The molecule has 2 N–H and O–H groups in total. The summed E-state index contributed by atoms with van der Waals surface area (Å²) in [5, 5.41) is 23.9. The van der Waals surface area contributed by atoms with E-state index in [2.05, 4.69) is 5.32 Å². The van der Waals surface area contributed by atoms with Crippen LogP contribution in [0.5, 0.6) is 17.2 Å². The number of nitro groups is 1. The third kappa shape index (κ3) is 5.08. The molecule has 1 aliphatic heterocycles. The van der Waals surface area contributed by atoms with Gasteiger partial charge in [-0.1, -0.05) is 12.1 Å². The number of fused-ring (bicyclic) bond motifs is 1. The van der Waals surface area contributed by atoms with E-state index in [1.54, 1.807) is 0 Å². The molecule has 1 heterocycles. The van der Waals surface area contributed by atoms with Gasteiger partial charge in [-0.3, -0.25) is 10.1 Å². The fourth-order valence-corrected chi connectivity index (χ4v) is 2.65. The Morgan fingerprint density at radius 1 is 1.26 bits per heavy atom. The lowest BCUT2D eigenvalue weighted by Crippen LogP contribution is -2.48. The van der Waals surface area contributed by atoms with Crippen LogP contribution >= 0.6 is 0 Å². The largest absolute Gasteiger partial charge is 0.491 e. The highest BCUT2D eigenvalue weighted by Crippen LogP contribution is 2.31. The minimum absolute atomic E-state index is 0.00494. The first-order valence-corrected chi connectivity index (χ1v) is 8.70. The van der Waals surface area contributed by atoms with Crippen molar-refractivity contribution in [2.24, 2.45) is 0 Å². The van der Waals surface area contributed by atoms with Crippen LogP contribution in [0, 0.1) is 10.1 Å². The third-order valence-corrected chi connectivity index (χ3v) is 4.25. The Morgan fingerprint density at radius 3 is 2.67 bits per heavy atom. The van der Waals surface area contributed by atoms with Crippen molar-refractivity contribution in [3.8, 4) is 17.2 Å². The summed E-state index contributed by atoms with van der Waals surface area (Å²) >= 11 is 0. The molecule has 8 nitrogen and oxygen atoms in total. The molecule has 1 aliphatic rings. The molecule has 0 fully saturated rings. The molecule has 0 saturated carbocycles. The first kappa shape index (κ1) is 18.9. The number of nitrogens with zero attached hydrogens (tertiary/aromatic N) is 1. The van der Waals surface area contributed by atoms with Crippen molar-refractivity contribution in [2.75, 3.05) is 19.8 Å². The first-order chi connectivity index (χ1) is 13.0. The van der Waals surface area contributed by atoms with E-state index in [0.29, 0.717) is 24.7 Å². The number of non-ortho nitro benzene ring substituents is 1. The van der Waals surface area contributed by atoms with Gasteiger partial charge in [0.05, 0.1) is 4.92 Å². The Kier molecular flexibility index (Phi) is 6.10. The van der Waals surface area contributed by atoms with Crippen LogP contribution in [0.25, 0.3) is 0 Å². The average Bonchev–Trinajstić information content (AvgIpc) is 2.70. The molecule has 3 rings (SSSR count). The topological polar surface area (TPSA) is 103 Å². The Labute approximate surface area is 156 Å². The highest BCUT2D eigenvalue weighted by Gasteiger charge is 2.26. The number of aliphatic hydroxyl groups excluding tert-OH is 1. The summed E-state index contributed by atoms with van der Waals surface area (Å²) in [6.45, 7) is 2.78. The van der Waals surface area contributed by atoms with Gasteiger partial charge >= 0.3 is 0 Å². The molecular weight excluding hydrogens is 352 g/mol. The third-order valence-electron chi connectivity index (χ3n) is 4.25. The van der Waals surface area contributed by atoms with Gasteiger partial charge in [-0.2, -0.15) is 0 Å². The summed E-state index contributed by atoms with van der Waals surface area (Å²) in [5.41, 5.74) is -0.00494. The van der Waals surface area contributed by atoms with E-state index < -0.39 is 11.0 Å². The van der Waals surface area contributed by atoms with E-state index in [-0.39, 0.29) is 24.4 Å². The van der Waals surface area contributed by atoms with Crippen molar-refractivity contribution in [3.05, 3.63) is 58.6 Å². The number of nitrogens with one attached hydrogen (secondary N) is 1. The second-order valence-electron chi connectivity index (χ2n) is 6.33. The van der Waals surface area contributed by atoms with Crippen molar-refractivity contribution < 1.29 is 24.2 Å². The van der Waals surface area contributed by atoms with E-state index >= 15 is 0 Å². The van der Waals surface area contributed by atoms with Crippen molar-refractivity contribution >= 4 is 5.69 Å². The number of hydrogen-bond donors (Lipinski definition) is 2. The standard InChI is InChI=1S/C19H22N2O6/c1-13(19-12-26-17-4-2-3-5-18(17)27-19)20-10-15(22)11-25-16-8-6-14(7-9-16)21(23)24/h2-9,13,15,19-20,22H,10-12H2,1H3/t13-,15+,19+/m0/s1. The molecule has 0 spiro atoms. The normalized spacial score (nSPS) is 17.8. The van der Waals surface area contributed by atoms with Crippen molar-refractivity contribution in [3.63, 3.8) is 0 Å². The van der Waals surface area contributed by atoms with Gasteiger partial charge < -0.3 is 24.6 Å². The number of rotatable bonds is 8. The smallest absolute Gasteiger partial charge is 0.269 e. The van der Waals surface area contributed by atoms with Gasteiger partial charge in [-0.05, 0) is 31.2 Å². The minimum Gasteiger partial charge on any atom is -0.491 e. The zero-order valence-electron chi connectivity index (χ0n) is 14.9. The van der Waals surface area contributed by atoms with Crippen LogP contribution in [0.4, 0.5) is 5.69 Å². The van der Waals surface area contributed by atoms with Gasteiger partial charge in [-0.15, -0.1) is 0 Å². The SMILES string of the molecule is C[C@H](NC[C@@H](O)COc1ccc([N+](=O)[O-])cc1)[C@H]1COc2ccccc2O1. The van der Waals surface area contributed by atoms with Gasteiger partial charge in [0.25, 0.3) is 5.69 Å². The van der Waals surface area contributed by atoms with E-state index in [4.69, 9.17) is 14.2 Å². The number of ether oxygens (including phenoxy) is 3. The van der Waals surface area contributed by atoms with E-state index in [1.165, 1.54) is 24.3 Å². The molecule has 0 bridgehead atoms. The number of para-hydroxylation sites is 2. The molecule has 3 atom stereocenters. The van der Waals surface area contributed by atoms with Gasteiger partial charge in [0.1, 0.15) is 31.2 Å². The van der Waals surface area contributed by atoms with Gasteiger partial charge in [0.2, 0.25) is 0 Å². The molecule has 2 aromatic rings. The van der Waals surface area contributed by atoms with Crippen molar-refractivity contribution in [1.82, 2.24) is 5.32 Å². The average molecular weight is 374 g/mol. The lowest BCUT2D eigenvalue weighted by atomic mass is 10.1. The predicted molar refractivity (Wildman–Crippen MR) is 98.4 cm³/mol. The second kappa shape index (κ2) is 8.70. The van der Waals surface area contributed by atoms with Crippen molar-refractivity contribution in [1.29, 1.82) is 0 Å². The summed E-state index contributed by atoms with van der Waals surface area (Å²) in [5.74, 6) is 1.91. The summed E-state index contributed by atoms with van der Waals surface area (Å²) in [6.07, 6.45) is -0.901. The van der Waals surface area contributed by atoms with Crippen LogP contribution in [0.15, 0.2) is 48.5 Å². The number of aliphatic hydroxyl groups is 1. The molecule has 27 heavy (non-hydrogen) atoms. The van der Waals surface area contributed by atoms with Crippen LogP contribution in [-0.4, -0.2) is 48.0 Å². The van der Waals surface area contributed by atoms with Gasteiger partial charge in [-0.25, -0.2) is 0 Å². The lowest BCUT2D eigenvalue weighted by Gasteiger charge is -2.31. The fraction of sp³-hybridized carbons (Fsp3) is 0.368. The van der Waals surface area contributed by atoms with Crippen LogP contribution in [0.1, 0.15) is 6.92 Å². The predicted octanol–water partition coefficient (Wildman–Crippen LogP) is 2.15. The van der Waals surface area contributed by atoms with Gasteiger partial charge in [0, 0.05) is 24.7 Å².